The minimum Gasteiger partial charge on any atom is -0.451 e. The number of hydrogen-bond donors (Lipinski definition) is 2. The predicted molar refractivity (Wildman–Crippen MR) is 182 cm³/mol. The summed E-state index contributed by atoms with van der Waals surface area (Å²) in [5.41, 5.74) is 0.785. The summed E-state index contributed by atoms with van der Waals surface area (Å²) in [5.74, 6) is -1.16. The van der Waals surface area contributed by atoms with Crippen molar-refractivity contribution < 1.29 is 18.3 Å². The molecular weight excluding hydrogens is 601 g/mol. The molecule has 10 nitrogen and oxygen atoms in total. The molecule has 2 aromatic heterocycles. The summed E-state index contributed by atoms with van der Waals surface area (Å²) >= 11 is 0. The number of nitrogens with zero attached hydrogens (tertiary/aromatic N) is 3. The molecule has 0 spiro atoms. The molecule has 2 N–H and O–H groups in total. The number of halogens is 1. The summed E-state index contributed by atoms with van der Waals surface area (Å²) in [6.45, 7) is 7.54. The van der Waals surface area contributed by atoms with E-state index in [9.17, 15) is 14.4 Å². The van der Waals surface area contributed by atoms with E-state index in [4.69, 9.17) is 9.15 Å². The molecule has 242 valence electrons. The lowest BCUT2D eigenvalue weighted by Gasteiger charge is -2.26. The zero-order valence-corrected chi connectivity index (χ0v) is 26.1. The highest BCUT2D eigenvalue weighted by Gasteiger charge is 2.24. The van der Waals surface area contributed by atoms with Crippen LogP contribution in [0.3, 0.4) is 0 Å². The first-order valence-electron chi connectivity index (χ1n) is 16.4. The van der Waals surface area contributed by atoms with E-state index in [-0.39, 0.29) is 27.6 Å². The molecule has 0 aliphatic carbocycles. The minimum atomic E-state index is -0.651. The van der Waals surface area contributed by atoms with Gasteiger partial charge in [0.15, 0.2) is 22.4 Å². The van der Waals surface area contributed by atoms with Crippen LogP contribution in [0.4, 0.5) is 10.1 Å². The van der Waals surface area contributed by atoms with Crippen molar-refractivity contribution in [1.82, 2.24) is 19.5 Å². The number of rotatable bonds is 9. The lowest BCUT2D eigenvalue weighted by atomic mass is 10.1. The molecule has 4 aromatic carbocycles. The Kier molecular flexibility index (Phi) is 7.75. The molecule has 1 amide bonds. The van der Waals surface area contributed by atoms with Crippen molar-refractivity contribution in [2.24, 2.45) is 0 Å². The molecule has 2 aliphatic heterocycles. The molecule has 0 saturated carbocycles. The van der Waals surface area contributed by atoms with E-state index >= 15 is 4.39 Å². The van der Waals surface area contributed by atoms with Gasteiger partial charge in [-0.25, -0.2) is 4.39 Å². The standard InChI is InChI=1S/C36H36FN5O5/c37-28-18-26-32-35(31(28)38-8-5-12-41-14-16-46-17-15-41)47-30-20-25-24(22-6-1-2-7-23(22)33(25)43)19-29(30)42(32)21-27(34(26)44)36(45)39-9-13-40-10-3-4-11-40/h1-2,6-7,18-21,38H,3-5,8-17H2,(H,39,45). The van der Waals surface area contributed by atoms with Crippen LogP contribution in [0.15, 0.2) is 62.7 Å². The molecule has 2 fully saturated rings. The molecule has 0 unspecified atom stereocenters. The Morgan fingerprint density at radius 2 is 1.60 bits per heavy atom. The van der Waals surface area contributed by atoms with Crippen molar-refractivity contribution in [2.75, 3.05) is 70.9 Å². The number of morpholine rings is 1. The fourth-order valence-corrected chi connectivity index (χ4v) is 7.23. The summed E-state index contributed by atoms with van der Waals surface area (Å²) in [6.07, 6.45) is 4.57. The summed E-state index contributed by atoms with van der Waals surface area (Å²) < 4.78 is 29.5. The molecule has 0 radical (unpaired) electrons. The number of ether oxygens (including phenoxy) is 1. The molecule has 2 aliphatic rings. The van der Waals surface area contributed by atoms with Crippen molar-refractivity contribution in [3.63, 3.8) is 0 Å². The molecule has 2 saturated heterocycles. The summed E-state index contributed by atoms with van der Waals surface area (Å²) in [4.78, 5) is 45.3. The van der Waals surface area contributed by atoms with E-state index in [1.54, 1.807) is 16.5 Å². The van der Waals surface area contributed by atoms with Crippen molar-refractivity contribution >= 4 is 60.7 Å². The monoisotopic (exact) mass is 637 g/mol. The third-order valence-electron chi connectivity index (χ3n) is 9.69. The van der Waals surface area contributed by atoms with Crippen LogP contribution in [0, 0.1) is 5.82 Å². The second-order valence-electron chi connectivity index (χ2n) is 12.6. The predicted octanol–water partition coefficient (Wildman–Crippen LogP) is 4.40. The van der Waals surface area contributed by atoms with Crippen LogP contribution in [0.1, 0.15) is 29.6 Å². The number of nitrogens with one attached hydrogen (secondary N) is 2. The Morgan fingerprint density at radius 3 is 2.40 bits per heavy atom. The highest BCUT2D eigenvalue weighted by Crippen LogP contribution is 2.36. The topological polar surface area (TPSA) is 109 Å². The highest BCUT2D eigenvalue weighted by atomic mass is 19.1. The fourth-order valence-electron chi connectivity index (χ4n) is 7.23. The van der Waals surface area contributed by atoms with Gasteiger partial charge in [-0.3, -0.25) is 19.3 Å². The smallest absolute Gasteiger partial charge is 0.256 e. The average molecular weight is 638 g/mol. The molecule has 6 aromatic rings. The molecule has 0 bridgehead atoms. The summed E-state index contributed by atoms with van der Waals surface area (Å²) in [7, 11) is 0. The van der Waals surface area contributed by atoms with Crippen molar-refractivity contribution in [1.29, 1.82) is 0 Å². The number of benzene rings is 3. The van der Waals surface area contributed by atoms with Gasteiger partial charge in [-0.2, -0.15) is 0 Å². The van der Waals surface area contributed by atoms with Gasteiger partial charge in [-0.05, 0) is 67.9 Å². The molecule has 11 heteroatoms. The van der Waals surface area contributed by atoms with E-state index < -0.39 is 17.2 Å². The van der Waals surface area contributed by atoms with Gasteiger partial charge in [0.25, 0.3) is 5.91 Å². The number of carbonyl (C=O) groups is 1. The van der Waals surface area contributed by atoms with Crippen LogP contribution in [0.5, 0.6) is 0 Å². The SMILES string of the molecule is O=C(NCCN1CCCC1)c1cn2c3cc4c(cc3oc3c(NCCCN5CCOCC5)c(F)cc(c1=O)c32)c(=O)c1ccccc14. The van der Waals surface area contributed by atoms with Crippen LogP contribution in [-0.2, 0) is 4.74 Å². The number of amides is 1. The van der Waals surface area contributed by atoms with Gasteiger partial charge >= 0.3 is 0 Å². The fraction of sp³-hybridized carbons (Fsp3) is 0.361. The van der Waals surface area contributed by atoms with Crippen molar-refractivity contribution in [3.8, 4) is 0 Å². The number of fused-ring (bicyclic) bond motifs is 5. The molecule has 8 rings (SSSR count). The van der Waals surface area contributed by atoms with Gasteiger partial charge in [0.1, 0.15) is 16.8 Å². The summed E-state index contributed by atoms with van der Waals surface area (Å²) in [6, 6.07) is 12.1. The third kappa shape index (κ3) is 5.28. The lowest BCUT2D eigenvalue weighted by molar-refractivity contribution is 0.0378. The van der Waals surface area contributed by atoms with Crippen LogP contribution in [0.25, 0.3) is 49.1 Å². The quantitative estimate of drug-likeness (QED) is 0.137. The second-order valence-corrected chi connectivity index (χ2v) is 12.6. The van der Waals surface area contributed by atoms with Gasteiger partial charge in [0, 0.05) is 49.7 Å². The Morgan fingerprint density at radius 1 is 0.830 bits per heavy atom. The zero-order valence-electron chi connectivity index (χ0n) is 26.1. The number of carbonyl (C=O) groups excluding carboxylic acids is 1. The van der Waals surface area contributed by atoms with Gasteiger partial charge in [0.2, 0.25) is 5.43 Å². The van der Waals surface area contributed by atoms with E-state index in [2.05, 4.69) is 20.4 Å². The first-order chi connectivity index (χ1) is 23.0. The van der Waals surface area contributed by atoms with Crippen LogP contribution in [0.2, 0.25) is 0 Å². The van der Waals surface area contributed by atoms with Crippen molar-refractivity contribution in [3.05, 3.63) is 80.5 Å². The minimum absolute atomic E-state index is 0.0474. The largest absolute Gasteiger partial charge is 0.451 e. The van der Waals surface area contributed by atoms with Crippen LogP contribution < -0.4 is 21.5 Å². The maximum Gasteiger partial charge on any atom is 0.256 e. The number of anilines is 1. The van der Waals surface area contributed by atoms with Crippen LogP contribution in [-0.4, -0.2) is 85.7 Å². The third-order valence-corrected chi connectivity index (χ3v) is 9.69. The maximum absolute atomic E-state index is 16.0. The van der Waals surface area contributed by atoms with Crippen LogP contribution >= 0.6 is 0 Å². The summed E-state index contributed by atoms with van der Waals surface area (Å²) in [5, 5.41) is 8.79. The lowest BCUT2D eigenvalue weighted by Crippen LogP contribution is -2.37. The van der Waals surface area contributed by atoms with Gasteiger partial charge in [-0.1, -0.05) is 24.3 Å². The maximum atomic E-state index is 16.0. The van der Waals surface area contributed by atoms with Gasteiger partial charge in [-0.15, -0.1) is 0 Å². The average Bonchev–Trinajstić information content (AvgIpc) is 3.71. The van der Waals surface area contributed by atoms with E-state index in [1.165, 1.54) is 12.3 Å². The molecule has 0 atom stereocenters. The van der Waals surface area contributed by atoms with E-state index in [0.717, 1.165) is 62.8 Å². The highest BCUT2D eigenvalue weighted by molar-refractivity contribution is 6.15. The van der Waals surface area contributed by atoms with Gasteiger partial charge in [0.05, 0.1) is 24.1 Å². The van der Waals surface area contributed by atoms with E-state index in [1.807, 2.05) is 24.3 Å². The normalized spacial score (nSPS) is 16.4. The van der Waals surface area contributed by atoms with E-state index in [0.29, 0.717) is 60.2 Å². The first-order valence-corrected chi connectivity index (χ1v) is 16.4. The molecule has 4 heterocycles. The Bertz CT molecular complexity index is 2270. The number of hydrogen-bond acceptors (Lipinski definition) is 8. The Balaban J connectivity index is 1.26. The molecular formula is C36H36FN5O5. The zero-order chi connectivity index (χ0) is 32.1. The van der Waals surface area contributed by atoms with Crippen molar-refractivity contribution in [2.45, 2.75) is 19.3 Å². The first kappa shape index (κ1) is 29.8. The van der Waals surface area contributed by atoms with Gasteiger partial charge < -0.3 is 29.1 Å². The number of likely N-dealkylation sites (tertiary alicyclic amines) is 1. The number of aromatic nitrogens is 1. The number of pyridine rings is 1. The molecule has 47 heavy (non-hydrogen) atoms. The Labute approximate surface area is 269 Å². The second kappa shape index (κ2) is 12.2. The Hall–Kier alpha value is -4.58.